The van der Waals surface area contributed by atoms with Gasteiger partial charge >= 0.3 is 0 Å². The fraction of sp³-hybridized carbons (Fsp3) is 0.0769. The fourth-order valence-corrected chi connectivity index (χ4v) is 4.15. The van der Waals surface area contributed by atoms with Crippen LogP contribution < -0.4 is 10.6 Å². The van der Waals surface area contributed by atoms with Gasteiger partial charge in [0.05, 0.1) is 12.2 Å². The zero-order valence-corrected chi connectivity index (χ0v) is 18.7. The number of carbonyl (C=O) groups is 2. The van der Waals surface area contributed by atoms with E-state index in [9.17, 15) is 9.59 Å². The van der Waals surface area contributed by atoms with Crippen LogP contribution in [0.2, 0.25) is 5.02 Å². The van der Waals surface area contributed by atoms with Crippen LogP contribution >= 0.6 is 23.4 Å². The Morgan fingerprint density at radius 1 is 0.719 bits per heavy atom. The Morgan fingerprint density at radius 3 is 2.25 bits per heavy atom. The van der Waals surface area contributed by atoms with Gasteiger partial charge in [-0.05, 0) is 58.8 Å². The van der Waals surface area contributed by atoms with E-state index in [-0.39, 0.29) is 24.0 Å². The molecule has 0 fully saturated rings. The van der Waals surface area contributed by atoms with Gasteiger partial charge in [-0.2, -0.15) is 0 Å². The van der Waals surface area contributed by atoms with Gasteiger partial charge in [0.25, 0.3) is 0 Å². The van der Waals surface area contributed by atoms with Crippen LogP contribution in [0.25, 0.3) is 10.8 Å². The quantitative estimate of drug-likeness (QED) is 0.313. The predicted molar refractivity (Wildman–Crippen MR) is 134 cm³/mol. The summed E-state index contributed by atoms with van der Waals surface area (Å²) in [5.41, 5.74) is 2.37. The van der Waals surface area contributed by atoms with Gasteiger partial charge in [-0.25, -0.2) is 0 Å². The summed E-state index contributed by atoms with van der Waals surface area (Å²) in [5.74, 6) is 0.0839. The molecule has 160 valence electrons. The van der Waals surface area contributed by atoms with E-state index in [1.54, 1.807) is 12.1 Å². The van der Waals surface area contributed by atoms with Crippen molar-refractivity contribution in [3.8, 4) is 0 Å². The largest absolute Gasteiger partial charge is 0.326 e. The molecule has 0 aromatic heterocycles. The third-order valence-electron chi connectivity index (χ3n) is 4.80. The van der Waals surface area contributed by atoms with Crippen molar-refractivity contribution in [3.05, 3.63) is 102 Å². The van der Waals surface area contributed by atoms with Gasteiger partial charge in [-0.3, -0.25) is 9.59 Å². The van der Waals surface area contributed by atoms with Gasteiger partial charge in [-0.15, -0.1) is 11.8 Å². The molecule has 6 heteroatoms. The van der Waals surface area contributed by atoms with Crippen LogP contribution in [0, 0.1) is 0 Å². The van der Waals surface area contributed by atoms with Crippen LogP contribution in [0.1, 0.15) is 5.56 Å². The van der Waals surface area contributed by atoms with Crippen molar-refractivity contribution in [1.29, 1.82) is 0 Å². The van der Waals surface area contributed by atoms with Crippen LogP contribution in [-0.2, 0) is 16.0 Å². The van der Waals surface area contributed by atoms with Crippen LogP contribution in [0.15, 0.2) is 95.9 Å². The number of halogens is 1. The lowest BCUT2D eigenvalue weighted by Gasteiger charge is -2.09. The Balaban J connectivity index is 1.30. The molecule has 0 aliphatic carbocycles. The van der Waals surface area contributed by atoms with Crippen molar-refractivity contribution >= 4 is 57.3 Å². The summed E-state index contributed by atoms with van der Waals surface area (Å²) in [6.07, 6.45) is 0.267. The van der Waals surface area contributed by atoms with Gasteiger partial charge < -0.3 is 10.6 Å². The minimum atomic E-state index is -0.108. The van der Waals surface area contributed by atoms with E-state index in [2.05, 4.69) is 10.6 Å². The number of fused-ring (bicyclic) bond motifs is 1. The second kappa shape index (κ2) is 10.4. The van der Waals surface area contributed by atoms with E-state index in [1.807, 2.05) is 78.9 Å². The summed E-state index contributed by atoms with van der Waals surface area (Å²) in [6.45, 7) is 0. The van der Waals surface area contributed by atoms with Crippen molar-refractivity contribution < 1.29 is 9.59 Å². The van der Waals surface area contributed by atoms with Crippen molar-refractivity contribution in [1.82, 2.24) is 0 Å². The lowest BCUT2D eigenvalue weighted by atomic mass is 10.1. The first-order valence-corrected chi connectivity index (χ1v) is 11.5. The molecule has 0 aliphatic heterocycles. The minimum Gasteiger partial charge on any atom is -0.326 e. The standard InChI is InChI=1S/C26H21ClN2O2S/c27-21-11-8-18(9-12-21)14-25(30)28-22-6-3-7-24(16-22)32-17-26(31)29-23-13-10-19-4-1-2-5-20(19)15-23/h1-13,15-16H,14,17H2,(H,28,30)(H,29,31). The molecule has 4 aromatic rings. The molecule has 0 heterocycles. The highest BCUT2D eigenvalue weighted by molar-refractivity contribution is 8.00. The molecule has 0 radical (unpaired) electrons. The predicted octanol–water partition coefficient (Wildman–Crippen LogP) is 6.41. The summed E-state index contributed by atoms with van der Waals surface area (Å²) in [6, 6.07) is 28.6. The minimum absolute atomic E-state index is 0.0811. The van der Waals surface area contributed by atoms with Gasteiger partial charge in [0.1, 0.15) is 0 Å². The average molecular weight is 461 g/mol. The first kappa shape index (κ1) is 21.9. The number of anilines is 2. The van der Waals surface area contributed by atoms with Crippen molar-refractivity contribution in [2.75, 3.05) is 16.4 Å². The molecule has 0 unspecified atom stereocenters. The zero-order chi connectivity index (χ0) is 22.3. The summed E-state index contributed by atoms with van der Waals surface area (Å²) >= 11 is 7.30. The molecule has 4 rings (SSSR count). The van der Waals surface area contributed by atoms with E-state index in [4.69, 9.17) is 11.6 Å². The van der Waals surface area contributed by atoms with Crippen LogP contribution in [-0.4, -0.2) is 17.6 Å². The number of benzene rings is 4. The molecular weight excluding hydrogens is 440 g/mol. The number of amides is 2. The number of rotatable bonds is 7. The number of nitrogens with one attached hydrogen (secondary N) is 2. The molecule has 4 nitrogen and oxygen atoms in total. The summed E-state index contributed by atoms with van der Waals surface area (Å²) in [7, 11) is 0. The second-order valence-corrected chi connectivity index (χ2v) is 8.76. The Hall–Kier alpha value is -3.28. The maximum Gasteiger partial charge on any atom is 0.234 e. The Labute approximate surface area is 196 Å². The summed E-state index contributed by atoms with van der Waals surface area (Å²) in [5, 5.41) is 8.71. The molecule has 32 heavy (non-hydrogen) atoms. The van der Waals surface area contributed by atoms with Gasteiger partial charge in [0, 0.05) is 21.3 Å². The molecule has 0 saturated heterocycles. The third-order valence-corrected chi connectivity index (χ3v) is 6.04. The molecule has 4 aromatic carbocycles. The first-order valence-electron chi connectivity index (χ1n) is 10.1. The molecule has 0 aliphatic rings. The summed E-state index contributed by atoms with van der Waals surface area (Å²) < 4.78 is 0. The average Bonchev–Trinajstić information content (AvgIpc) is 2.79. The maximum absolute atomic E-state index is 12.4. The van der Waals surface area contributed by atoms with Crippen molar-refractivity contribution in [3.63, 3.8) is 0 Å². The molecule has 2 amide bonds. The van der Waals surface area contributed by atoms with Gasteiger partial charge in [0.15, 0.2) is 0 Å². The molecular formula is C26H21ClN2O2S. The van der Waals surface area contributed by atoms with E-state index in [0.717, 1.165) is 26.9 Å². The molecule has 0 spiro atoms. The SMILES string of the molecule is O=C(CSc1cccc(NC(=O)Cc2ccc(Cl)cc2)c1)Nc1ccc2ccccc2c1. The van der Waals surface area contributed by atoms with Crippen molar-refractivity contribution in [2.45, 2.75) is 11.3 Å². The summed E-state index contributed by atoms with van der Waals surface area (Å²) in [4.78, 5) is 25.6. The molecule has 0 saturated carbocycles. The van der Waals surface area contributed by atoms with E-state index in [0.29, 0.717) is 10.7 Å². The lowest BCUT2D eigenvalue weighted by Crippen LogP contribution is -2.15. The fourth-order valence-electron chi connectivity index (χ4n) is 3.27. The van der Waals surface area contributed by atoms with E-state index >= 15 is 0 Å². The van der Waals surface area contributed by atoms with Gasteiger partial charge in [-0.1, -0.05) is 60.1 Å². The van der Waals surface area contributed by atoms with Crippen LogP contribution in [0.5, 0.6) is 0 Å². The lowest BCUT2D eigenvalue weighted by molar-refractivity contribution is -0.115. The topological polar surface area (TPSA) is 58.2 Å². The number of carbonyl (C=O) groups excluding carboxylic acids is 2. The van der Waals surface area contributed by atoms with E-state index in [1.165, 1.54) is 11.8 Å². The Kier molecular flexibility index (Phi) is 7.10. The van der Waals surface area contributed by atoms with E-state index < -0.39 is 0 Å². The highest BCUT2D eigenvalue weighted by Gasteiger charge is 2.08. The molecule has 2 N–H and O–H groups in total. The highest BCUT2D eigenvalue weighted by atomic mass is 35.5. The highest BCUT2D eigenvalue weighted by Crippen LogP contribution is 2.23. The Morgan fingerprint density at radius 2 is 1.44 bits per heavy atom. The number of hydrogen-bond acceptors (Lipinski definition) is 3. The maximum atomic E-state index is 12.4. The third kappa shape index (κ3) is 6.13. The van der Waals surface area contributed by atoms with Crippen molar-refractivity contribution in [2.24, 2.45) is 0 Å². The monoisotopic (exact) mass is 460 g/mol. The number of thioether (sulfide) groups is 1. The van der Waals surface area contributed by atoms with Gasteiger partial charge in [0.2, 0.25) is 11.8 Å². The Bertz CT molecular complexity index is 1260. The second-order valence-electron chi connectivity index (χ2n) is 7.28. The molecule has 0 atom stereocenters. The van der Waals surface area contributed by atoms with Crippen LogP contribution in [0.4, 0.5) is 11.4 Å². The first-order chi connectivity index (χ1) is 15.5. The normalized spacial score (nSPS) is 10.7. The molecule has 0 bridgehead atoms. The number of hydrogen-bond donors (Lipinski definition) is 2. The van der Waals surface area contributed by atoms with Crippen LogP contribution in [0.3, 0.4) is 0 Å². The zero-order valence-electron chi connectivity index (χ0n) is 17.2. The smallest absolute Gasteiger partial charge is 0.234 e.